The summed E-state index contributed by atoms with van der Waals surface area (Å²) in [5, 5.41) is 12.9. The molecule has 3 nitrogen and oxygen atoms in total. The molecule has 0 radical (unpaired) electrons. The fourth-order valence-electron chi connectivity index (χ4n) is 1.26. The highest BCUT2D eigenvalue weighted by molar-refractivity contribution is 9.10. The molecule has 0 aliphatic heterocycles. The minimum Gasteiger partial charge on any atom is -0.395 e. The van der Waals surface area contributed by atoms with Crippen LogP contribution in [0.3, 0.4) is 0 Å². The Bertz CT molecular complexity index is 360. The third-order valence-electron chi connectivity index (χ3n) is 2.16. The van der Waals surface area contributed by atoms with Crippen LogP contribution >= 0.6 is 27.5 Å². The van der Waals surface area contributed by atoms with Gasteiger partial charge in [0.05, 0.1) is 16.1 Å². The first-order valence-electron chi connectivity index (χ1n) is 4.92. The third-order valence-corrected chi connectivity index (χ3v) is 3.44. The van der Waals surface area contributed by atoms with Crippen LogP contribution in [0.15, 0.2) is 29.5 Å². The summed E-state index contributed by atoms with van der Waals surface area (Å²) >= 11 is 9.40. The number of aliphatic hydroxyl groups excluding tert-OH is 1. The van der Waals surface area contributed by atoms with Crippen LogP contribution in [-0.4, -0.2) is 22.7 Å². The molecule has 0 aliphatic carbocycles. The highest BCUT2D eigenvalue weighted by atomic mass is 79.9. The molecule has 2 N–H and O–H groups in total. The number of hydrogen-bond acceptors (Lipinski definition) is 3. The summed E-state index contributed by atoms with van der Waals surface area (Å²) in [5.41, 5.74) is 0.901. The molecule has 1 heterocycles. The van der Waals surface area contributed by atoms with Gasteiger partial charge in [0.25, 0.3) is 0 Å². The van der Waals surface area contributed by atoms with E-state index in [4.69, 9.17) is 16.7 Å². The number of aromatic nitrogens is 1. The number of aliphatic hydroxyl groups is 1. The van der Waals surface area contributed by atoms with E-state index in [1.807, 2.05) is 0 Å². The maximum atomic E-state index is 9.09. The van der Waals surface area contributed by atoms with E-state index in [1.54, 1.807) is 18.5 Å². The Morgan fingerprint density at radius 2 is 2.38 bits per heavy atom. The largest absolute Gasteiger partial charge is 0.395 e. The first kappa shape index (κ1) is 13.6. The zero-order valence-electron chi connectivity index (χ0n) is 8.79. The molecule has 0 saturated heterocycles. The fraction of sp³-hybridized carbons (Fsp3) is 0.364. The molecule has 0 unspecified atom stereocenters. The smallest absolute Gasteiger partial charge is 0.0624 e. The van der Waals surface area contributed by atoms with E-state index in [0.717, 1.165) is 16.5 Å². The van der Waals surface area contributed by atoms with Gasteiger partial charge in [-0.3, -0.25) is 4.98 Å². The van der Waals surface area contributed by atoms with Crippen molar-refractivity contribution in [2.45, 2.75) is 19.0 Å². The van der Waals surface area contributed by atoms with E-state index in [2.05, 4.69) is 32.8 Å². The molecule has 16 heavy (non-hydrogen) atoms. The Morgan fingerprint density at radius 1 is 1.62 bits per heavy atom. The highest BCUT2D eigenvalue weighted by Crippen LogP contribution is 2.24. The van der Waals surface area contributed by atoms with Gasteiger partial charge in [-0.2, -0.15) is 0 Å². The van der Waals surface area contributed by atoms with Gasteiger partial charge in [-0.15, -0.1) is 6.58 Å². The minimum absolute atomic E-state index is 0.00699. The van der Waals surface area contributed by atoms with Gasteiger partial charge in [0.1, 0.15) is 0 Å². The number of hydrogen-bond donors (Lipinski definition) is 2. The standard InChI is InChI=1S/C11H14BrClN2O/c1-2-3-9(7-16)15-5-8-4-14-6-10(12)11(8)13/h2,4,6,9,15-16H,1,3,5,7H2/t9-/m1/s1. The molecule has 1 atom stereocenters. The average Bonchev–Trinajstić information content (AvgIpc) is 2.29. The Labute approximate surface area is 109 Å². The van der Waals surface area contributed by atoms with Gasteiger partial charge in [-0.25, -0.2) is 0 Å². The maximum absolute atomic E-state index is 9.09. The van der Waals surface area contributed by atoms with E-state index in [9.17, 15) is 0 Å². The quantitative estimate of drug-likeness (QED) is 0.794. The molecule has 0 bridgehead atoms. The van der Waals surface area contributed by atoms with E-state index in [0.29, 0.717) is 11.6 Å². The van der Waals surface area contributed by atoms with Crippen molar-refractivity contribution in [2.75, 3.05) is 6.61 Å². The second-order valence-corrected chi connectivity index (χ2v) is 4.61. The minimum atomic E-state index is 0.00699. The molecule has 0 aliphatic rings. The summed E-state index contributed by atoms with van der Waals surface area (Å²) in [6.45, 7) is 4.29. The molecule has 88 valence electrons. The monoisotopic (exact) mass is 304 g/mol. The van der Waals surface area contributed by atoms with Gasteiger partial charge in [-0.1, -0.05) is 17.7 Å². The van der Waals surface area contributed by atoms with Crippen LogP contribution in [0.5, 0.6) is 0 Å². The Balaban J connectivity index is 2.59. The average molecular weight is 306 g/mol. The Morgan fingerprint density at radius 3 is 3.00 bits per heavy atom. The van der Waals surface area contributed by atoms with Gasteiger partial charge >= 0.3 is 0 Å². The van der Waals surface area contributed by atoms with Crippen LogP contribution in [0.25, 0.3) is 0 Å². The van der Waals surface area contributed by atoms with Crippen LogP contribution in [-0.2, 0) is 6.54 Å². The van der Waals surface area contributed by atoms with E-state index in [1.165, 1.54) is 0 Å². The molecular weight excluding hydrogens is 291 g/mol. The van der Waals surface area contributed by atoms with Gasteiger partial charge in [0.15, 0.2) is 0 Å². The molecule has 5 heteroatoms. The number of rotatable bonds is 6. The summed E-state index contributed by atoms with van der Waals surface area (Å²) in [7, 11) is 0. The van der Waals surface area contributed by atoms with Crippen molar-refractivity contribution in [1.82, 2.24) is 10.3 Å². The fourth-order valence-corrected chi connectivity index (χ4v) is 1.80. The molecule has 1 aromatic rings. The van der Waals surface area contributed by atoms with Crippen molar-refractivity contribution in [1.29, 1.82) is 0 Å². The lowest BCUT2D eigenvalue weighted by Gasteiger charge is -2.14. The van der Waals surface area contributed by atoms with Crippen LogP contribution in [0.1, 0.15) is 12.0 Å². The van der Waals surface area contributed by atoms with E-state index >= 15 is 0 Å². The van der Waals surface area contributed by atoms with Crippen molar-refractivity contribution >= 4 is 27.5 Å². The van der Waals surface area contributed by atoms with E-state index < -0.39 is 0 Å². The van der Waals surface area contributed by atoms with Crippen molar-refractivity contribution < 1.29 is 5.11 Å². The lowest BCUT2D eigenvalue weighted by atomic mass is 10.2. The molecule has 0 spiro atoms. The van der Waals surface area contributed by atoms with Crippen LogP contribution in [0.2, 0.25) is 5.02 Å². The lowest BCUT2D eigenvalue weighted by molar-refractivity contribution is 0.242. The molecule has 1 aromatic heterocycles. The maximum Gasteiger partial charge on any atom is 0.0624 e. The Hall–Kier alpha value is -0.420. The second-order valence-electron chi connectivity index (χ2n) is 3.38. The first-order chi connectivity index (χ1) is 7.69. The summed E-state index contributed by atoms with van der Waals surface area (Å²) < 4.78 is 0.776. The molecule has 0 amide bonds. The molecule has 0 aromatic carbocycles. The van der Waals surface area contributed by atoms with Crippen molar-refractivity contribution in [3.63, 3.8) is 0 Å². The van der Waals surface area contributed by atoms with Gasteiger partial charge in [-0.05, 0) is 22.4 Å². The normalized spacial score (nSPS) is 12.4. The summed E-state index contributed by atoms with van der Waals surface area (Å²) in [6, 6.07) is 0.00699. The van der Waals surface area contributed by atoms with Crippen molar-refractivity contribution in [3.05, 3.63) is 40.1 Å². The Kier molecular flexibility index (Phi) is 5.98. The van der Waals surface area contributed by atoms with Gasteiger partial charge in [0, 0.05) is 30.5 Å². The van der Waals surface area contributed by atoms with Crippen LogP contribution < -0.4 is 5.32 Å². The van der Waals surface area contributed by atoms with Crippen LogP contribution in [0, 0.1) is 0 Å². The number of pyridine rings is 1. The lowest BCUT2D eigenvalue weighted by Crippen LogP contribution is -2.31. The third kappa shape index (κ3) is 3.87. The van der Waals surface area contributed by atoms with Gasteiger partial charge in [0.2, 0.25) is 0 Å². The zero-order valence-corrected chi connectivity index (χ0v) is 11.1. The molecule has 1 rings (SSSR count). The molecular formula is C11H14BrClN2O. The van der Waals surface area contributed by atoms with Crippen LogP contribution in [0.4, 0.5) is 0 Å². The highest BCUT2D eigenvalue weighted by Gasteiger charge is 2.08. The predicted molar refractivity (Wildman–Crippen MR) is 69.5 cm³/mol. The first-order valence-corrected chi connectivity index (χ1v) is 6.09. The zero-order chi connectivity index (χ0) is 12.0. The van der Waals surface area contributed by atoms with Crippen molar-refractivity contribution in [3.8, 4) is 0 Å². The van der Waals surface area contributed by atoms with E-state index in [-0.39, 0.29) is 12.6 Å². The number of nitrogens with one attached hydrogen (secondary N) is 1. The SMILES string of the molecule is C=CC[C@H](CO)NCc1cncc(Br)c1Cl. The topological polar surface area (TPSA) is 45.1 Å². The number of halogens is 2. The molecule has 0 saturated carbocycles. The number of nitrogens with zero attached hydrogens (tertiary/aromatic N) is 1. The van der Waals surface area contributed by atoms with Gasteiger partial charge < -0.3 is 10.4 Å². The summed E-state index contributed by atoms with van der Waals surface area (Å²) in [4.78, 5) is 4.04. The van der Waals surface area contributed by atoms with Crippen molar-refractivity contribution in [2.24, 2.45) is 0 Å². The summed E-state index contributed by atoms with van der Waals surface area (Å²) in [5.74, 6) is 0. The molecule has 0 fully saturated rings. The predicted octanol–water partition coefficient (Wildman–Crippen LogP) is 2.52. The second kappa shape index (κ2) is 7.01. The summed E-state index contributed by atoms with van der Waals surface area (Å²) in [6.07, 6.45) is 5.85.